The molecule has 0 radical (unpaired) electrons. The molecular weight excluding hydrogens is 408 g/mol. The molecule has 3 aromatic rings. The fourth-order valence-corrected chi connectivity index (χ4v) is 5.15. The van der Waals surface area contributed by atoms with Gasteiger partial charge in [0, 0.05) is 17.0 Å². The summed E-state index contributed by atoms with van der Waals surface area (Å²) in [6.07, 6.45) is 4.80. The van der Waals surface area contributed by atoms with Crippen molar-refractivity contribution in [1.29, 1.82) is 0 Å². The Morgan fingerprint density at radius 2 is 1.71 bits per heavy atom. The number of hydrogen-bond acceptors (Lipinski definition) is 4. The average Bonchev–Trinajstić information content (AvgIpc) is 3.17. The van der Waals surface area contributed by atoms with E-state index in [9.17, 15) is 9.59 Å². The lowest BCUT2D eigenvalue weighted by molar-refractivity contribution is 0.0954. The Labute approximate surface area is 186 Å². The fraction of sp³-hybridized carbons (Fsp3) is 0.280. The van der Waals surface area contributed by atoms with E-state index in [1.807, 2.05) is 18.2 Å². The van der Waals surface area contributed by atoms with Crippen LogP contribution < -0.4 is 15.4 Å². The summed E-state index contributed by atoms with van der Waals surface area (Å²) in [4.78, 5) is 27.2. The van der Waals surface area contributed by atoms with Crippen molar-refractivity contribution in [2.75, 3.05) is 19.0 Å². The van der Waals surface area contributed by atoms with Crippen LogP contribution in [0, 0.1) is 0 Å². The molecule has 1 aromatic heterocycles. The second-order valence-corrected chi connectivity index (χ2v) is 8.69. The highest BCUT2D eigenvalue weighted by Crippen LogP contribution is 2.38. The Balaban J connectivity index is 1.51. The van der Waals surface area contributed by atoms with E-state index in [-0.39, 0.29) is 11.8 Å². The Morgan fingerprint density at radius 1 is 0.968 bits per heavy atom. The number of anilines is 1. The number of thiophene rings is 1. The molecule has 160 valence electrons. The number of methoxy groups -OCH3 is 1. The van der Waals surface area contributed by atoms with Gasteiger partial charge >= 0.3 is 0 Å². The minimum atomic E-state index is -0.223. The molecule has 1 aliphatic rings. The summed E-state index contributed by atoms with van der Waals surface area (Å²) in [6, 6.07) is 17.0. The number of aryl methyl sites for hydroxylation is 1. The zero-order valence-electron chi connectivity index (χ0n) is 17.6. The molecule has 0 bridgehead atoms. The number of nitrogens with one attached hydrogen (secondary N) is 2. The topological polar surface area (TPSA) is 67.4 Å². The first kappa shape index (κ1) is 21.1. The standard InChI is InChI=1S/C25H26N2O3S/c1-30-19-13-11-18(12-14-19)23(28)27-25-22(20-9-5-6-10-21(20)31-25)24(29)26-16-15-17-7-3-2-4-8-17/h2-4,7-8,11-14H,5-6,9-10,15-16H2,1H3,(H,26,29)(H,27,28). The summed E-state index contributed by atoms with van der Waals surface area (Å²) < 4.78 is 5.16. The van der Waals surface area contributed by atoms with Crippen LogP contribution in [0.3, 0.4) is 0 Å². The third-order valence-electron chi connectivity index (χ3n) is 5.52. The quantitative estimate of drug-likeness (QED) is 0.558. The SMILES string of the molecule is COc1ccc(C(=O)Nc2sc3c(c2C(=O)NCCc2ccccc2)CCCC3)cc1. The van der Waals surface area contributed by atoms with Crippen LogP contribution in [-0.2, 0) is 19.3 Å². The van der Waals surface area contributed by atoms with Gasteiger partial charge in [-0.25, -0.2) is 0 Å². The predicted octanol–water partition coefficient (Wildman–Crippen LogP) is 4.86. The molecule has 31 heavy (non-hydrogen) atoms. The highest BCUT2D eigenvalue weighted by molar-refractivity contribution is 7.17. The number of amides is 2. The van der Waals surface area contributed by atoms with Crippen molar-refractivity contribution in [1.82, 2.24) is 5.32 Å². The zero-order chi connectivity index (χ0) is 21.6. The van der Waals surface area contributed by atoms with Gasteiger partial charge in [0.25, 0.3) is 11.8 Å². The molecule has 0 saturated carbocycles. The summed E-state index contributed by atoms with van der Waals surface area (Å²) in [7, 11) is 1.59. The van der Waals surface area contributed by atoms with Gasteiger partial charge in [0.2, 0.25) is 0 Å². The first-order valence-corrected chi connectivity index (χ1v) is 11.4. The lowest BCUT2D eigenvalue weighted by Gasteiger charge is -2.13. The van der Waals surface area contributed by atoms with Gasteiger partial charge < -0.3 is 15.4 Å². The molecule has 2 aromatic carbocycles. The van der Waals surface area contributed by atoms with Crippen LogP contribution >= 0.6 is 11.3 Å². The minimum Gasteiger partial charge on any atom is -0.497 e. The van der Waals surface area contributed by atoms with Crippen LogP contribution in [0.15, 0.2) is 54.6 Å². The van der Waals surface area contributed by atoms with Gasteiger partial charge in [-0.2, -0.15) is 0 Å². The van der Waals surface area contributed by atoms with Crippen molar-refractivity contribution in [2.45, 2.75) is 32.1 Å². The summed E-state index contributed by atoms with van der Waals surface area (Å²) in [6.45, 7) is 0.555. The first-order chi connectivity index (χ1) is 15.2. The first-order valence-electron chi connectivity index (χ1n) is 10.6. The Hall–Kier alpha value is -3.12. The smallest absolute Gasteiger partial charge is 0.256 e. The maximum Gasteiger partial charge on any atom is 0.256 e. The zero-order valence-corrected chi connectivity index (χ0v) is 18.4. The normalized spacial score (nSPS) is 12.7. The second kappa shape index (κ2) is 9.79. The summed E-state index contributed by atoms with van der Waals surface area (Å²) in [5, 5.41) is 6.68. The molecule has 0 aliphatic heterocycles. The molecule has 4 rings (SSSR count). The summed E-state index contributed by atoms with van der Waals surface area (Å²) in [5.41, 5.74) is 3.44. The summed E-state index contributed by atoms with van der Waals surface area (Å²) in [5.74, 6) is 0.363. The Morgan fingerprint density at radius 3 is 2.45 bits per heavy atom. The number of rotatable bonds is 7. The van der Waals surface area contributed by atoms with Crippen molar-refractivity contribution in [3.05, 3.63) is 81.7 Å². The van der Waals surface area contributed by atoms with E-state index in [0.717, 1.165) is 37.7 Å². The van der Waals surface area contributed by atoms with Gasteiger partial charge in [-0.05, 0) is 67.5 Å². The fourth-order valence-electron chi connectivity index (χ4n) is 3.87. The molecule has 5 nitrogen and oxygen atoms in total. The molecule has 2 amide bonds. The third-order valence-corrected chi connectivity index (χ3v) is 6.73. The predicted molar refractivity (Wildman–Crippen MR) is 124 cm³/mol. The van der Waals surface area contributed by atoms with Crippen LogP contribution in [0.1, 0.15) is 49.6 Å². The van der Waals surface area contributed by atoms with E-state index in [1.54, 1.807) is 31.4 Å². The summed E-state index contributed by atoms with van der Waals surface area (Å²) >= 11 is 1.53. The molecule has 0 spiro atoms. The molecule has 0 saturated heterocycles. The van der Waals surface area contributed by atoms with Crippen LogP contribution in [0.4, 0.5) is 5.00 Å². The molecule has 0 atom stereocenters. The van der Waals surface area contributed by atoms with Crippen molar-refractivity contribution < 1.29 is 14.3 Å². The monoisotopic (exact) mass is 434 g/mol. The van der Waals surface area contributed by atoms with E-state index < -0.39 is 0 Å². The average molecular weight is 435 g/mol. The van der Waals surface area contributed by atoms with Gasteiger partial charge in [0.1, 0.15) is 10.8 Å². The molecular formula is C25H26N2O3S. The van der Waals surface area contributed by atoms with Crippen LogP contribution in [-0.4, -0.2) is 25.5 Å². The Kier molecular flexibility index (Phi) is 6.67. The van der Waals surface area contributed by atoms with E-state index in [2.05, 4.69) is 22.8 Å². The largest absolute Gasteiger partial charge is 0.497 e. The van der Waals surface area contributed by atoms with Gasteiger partial charge in [-0.3, -0.25) is 9.59 Å². The second-order valence-electron chi connectivity index (χ2n) is 7.59. The molecule has 0 unspecified atom stereocenters. The van der Waals surface area contributed by atoms with Crippen molar-refractivity contribution >= 4 is 28.2 Å². The van der Waals surface area contributed by atoms with E-state index in [0.29, 0.717) is 28.4 Å². The van der Waals surface area contributed by atoms with Crippen LogP contribution in [0.2, 0.25) is 0 Å². The van der Waals surface area contributed by atoms with Crippen LogP contribution in [0.5, 0.6) is 5.75 Å². The van der Waals surface area contributed by atoms with Crippen molar-refractivity contribution in [2.24, 2.45) is 0 Å². The van der Waals surface area contributed by atoms with Gasteiger partial charge in [0.05, 0.1) is 12.7 Å². The number of carbonyl (C=O) groups is 2. The molecule has 0 fully saturated rings. The highest BCUT2D eigenvalue weighted by atomic mass is 32.1. The molecule has 1 heterocycles. The number of carbonyl (C=O) groups excluding carboxylic acids is 2. The van der Waals surface area contributed by atoms with E-state index in [4.69, 9.17) is 4.74 Å². The number of fused-ring (bicyclic) bond motifs is 1. The number of benzene rings is 2. The van der Waals surface area contributed by atoms with Gasteiger partial charge in [-0.1, -0.05) is 30.3 Å². The van der Waals surface area contributed by atoms with E-state index >= 15 is 0 Å². The molecule has 2 N–H and O–H groups in total. The maximum atomic E-state index is 13.1. The van der Waals surface area contributed by atoms with Crippen LogP contribution in [0.25, 0.3) is 0 Å². The number of hydrogen-bond donors (Lipinski definition) is 2. The number of ether oxygens (including phenoxy) is 1. The van der Waals surface area contributed by atoms with Gasteiger partial charge in [0.15, 0.2) is 0 Å². The lowest BCUT2D eigenvalue weighted by atomic mass is 9.95. The third kappa shape index (κ3) is 4.97. The Bertz CT molecular complexity index is 1060. The highest BCUT2D eigenvalue weighted by Gasteiger charge is 2.26. The molecule has 1 aliphatic carbocycles. The van der Waals surface area contributed by atoms with Crippen molar-refractivity contribution in [3.63, 3.8) is 0 Å². The minimum absolute atomic E-state index is 0.111. The van der Waals surface area contributed by atoms with Gasteiger partial charge in [-0.15, -0.1) is 11.3 Å². The lowest BCUT2D eigenvalue weighted by Crippen LogP contribution is -2.27. The molecule has 6 heteroatoms. The van der Waals surface area contributed by atoms with Crippen molar-refractivity contribution in [3.8, 4) is 5.75 Å². The maximum absolute atomic E-state index is 13.1. The van der Waals surface area contributed by atoms with E-state index in [1.165, 1.54) is 21.8 Å².